The Morgan fingerprint density at radius 2 is 1.83 bits per heavy atom. The molecule has 0 saturated carbocycles. The molecule has 29 heavy (non-hydrogen) atoms. The zero-order valence-corrected chi connectivity index (χ0v) is 18.8. The van der Waals surface area contributed by atoms with Crippen LogP contribution in [0.25, 0.3) is 5.65 Å². The maximum absolute atomic E-state index is 13.2. The first-order chi connectivity index (χ1) is 13.6. The van der Waals surface area contributed by atoms with Crippen molar-refractivity contribution in [2.45, 2.75) is 39.0 Å². The summed E-state index contributed by atoms with van der Waals surface area (Å²) in [6.45, 7) is 4.98. The van der Waals surface area contributed by atoms with E-state index in [1.54, 1.807) is 31.4 Å². The lowest BCUT2D eigenvalue weighted by molar-refractivity contribution is -0.142. The molecule has 0 fully saturated rings. The highest BCUT2D eigenvalue weighted by molar-refractivity contribution is 9.10. The number of rotatable bonds is 6. The van der Waals surface area contributed by atoms with Crippen molar-refractivity contribution in [1.29, 1.82) is 0 Å². The van der Waals surface area contributed by atoms with Crippen molar-refractivity contribution in [2.24, 2.45) is 7.05 Å². The molecule has 0 saturated heterocycles. The van der Waals surface area contributed by atoms with E-state index in [2.05, 4.69) is 15.9 Å². The molecule has 0 aliphatic carbocycles. The van der Waals surface area contributed by atoms with Gasteiger partial charge in [-0.05, 0) is 72.8 Å². The van der Waals surface area contributed by atoms with Gasteiger partial charge in [-0.2, -0.15) is 0 Å². The summed E-state index contributed by atoms with van der Waals surface area (Å²) in [5, 5.41) is 9.71. The second-order valence-corrected chi connectivity index (χ2v) is 8.48. The number of methoxy groups -OCH3 is 1. The van der Waals surface area contributed by atoms with Gasteiger partial charge >= 0.3 is 5.97 Å². The fraction of sp³-hybridized carbons (Fsp3) is 0.364. The molecule has 0 spiro atoms. The summed E-state index contributed by atoms with van der Waals surface area (Å²) >= 11 is 3.55. The first-order valence-corrected chi connectivity index (χ1v) is 10.2. The van der Waals surface area contributed by atoms with E-state index in [0.717, 1.165) is 32.8 Å². The van der Waals surface area contributed by atoms with Gasteiger partial charge in [0.05, 0.1) is 18.2 Å². The zero-order valence-electron chi connectivity index (χ0n) is 17.2. The minimum Gasteiger partial charge on any atom is -0.496 e. The lowest BCUT2D eigenvalue weighted by Crippen LogP contribution is -2.36. The Balaban J connectivity index is 2.22. The molecule has 3 aromatic rings. The number of nitrogens with zero attached hydrogens (tertiary/aromatic N) is 2. The second kappa shape index (κ2) is 7.71. The number of aromatic nitrogens is 2. The van der Waals surface area contributed by atoms with Gasteiger partial charge in [0.1, 0.15) is 16.0 Å². The van der Waals surface area contributed by atoms with Gasteiger partial charge in [0, 0.05) is 12.6 Å². The summed E-state index contributed by atoms with van der Waals surface area (Å²) in [7, 11) is 3.53. The third-order valence-electron chi connectivity index (χ3n) is 5.56. The van der Waals surface area contributed by atoms with Crippen LogP contribution in [0.4, 0.5) is 0 Å². The van der Waals surface area contributed by atoms with E-state index in [-0.39, 0.29) is 11.1 Å². The molecular weight excluding hydrogens is 436 g/mol. The fourth-order valence-electron chi connectivity index (χ4n) is 3.69. The Morgan fingerprint density at radius 3 is 2.45 bits per heavy atom. The molecule has 2 aromatic heterocycles. The molecule has 6 nitrogen and oxygen atoms in total. The average molecular weight is 461 g/mol. The standard InChI is InChI=1S/C22H25BrN2O4/c1-13-18(23)24(4)19-15(11-10-14-8-6-7-9-17(14)29-5)12-16(20(26)25(13)19)22(2,3)21(27)28/h6-9,12H,10-11H2,1-5H3,(H,27,28). The summed E-state index contributed by atoms with van der Waals surface area (Å²) in [5.41, 5.74) is 2.16. The average Bonchev–Trinajstić information content (AvgIpc) is 2.92. The maximum atomic E-state index is 13.2. The van der Waals surface area contributed by atoms with E-state index in [1.807, 2.05) is 42.8 Å². The summed E-state index contributed by atoms with van der Waals surface area (Å²) in [4.78, 5) is 25.1. The molecule has 0 bridgehead atoms. The molecule has 0 amide bonds. The molecule has 0 unspecified atom stereocenters. The third-order valence-corrected chi connectivity index (χ3v) is 6.67. The number of fused-ring (bicyclic) bond motifs is 1. The van der Waals surface area contributed by atoms with Gasteiger partial charge in [-0.15, -0.1) is 0 Å². The van der Waals surface area contributed by atoms with Crippen LogP contribution < -0.4 is 10.3 Å². The quantitative estimate of drug-likeness (QED) is 0.605. The Bertz CT molecular complexity index is 1160. The van der Waals surface area contributed by atoms with Crippen LogP contribution in [0.1, 0.15) is 36.2 Å². The molecular formula is C22H25BrN2O4. The normalized spacial score (nSPS) is 11.8. The zero-order chi connectivity index (χ0) is 21.5. The number of pyridine rings is 1. The number of aryl methyl sites for hydroxylation is 4. The molecule has 3 rings (SSSR count). The minimum absolute atomic E-state index is 0.277. The number of carboxylic acids is 1. The highest BCUT2D eigenvalue weighted by atomic mass is 79.9. The van der Waals surface area contributed by atoms with Crippen LogP contribution in [-0.4, -0.2) is 27.2 Å². The predicted octanol–water partition coefficient (Wildman–Crippen LogP) is 3.86. The van der Waals surface area contributed by atoms with Gasteiger partial charge in [0.15, 0.2) is 0 Å². The number of imidazole rings is 1. The van der Waals surface area contributed by atoms with Crippen LogP contribution in [0.2, 0.25) is 0 Å². The highest BCUT2D eigenvalue weighted by Crippen LogP contribution is 2.29. The van der Waals surface area contributed by atoms with Crippen molar-refractivity contribution >= 4 is 27.5 Å². The van der Waals surface area contributed by atoms with Crippen LogP contribution in [0.5, 0.6) is 5.75 Å². The monoisotopic (exact) mass is 460 g/mol. The van der Waals surface area contributed by atoms with Crippen molar-refractivity contribution in [2.75, 3.05) is 7.11 Å². The van der Waals surface area contributed by atoms with E-state index in [1.165, 1.54) is 0 Å². The number of para-hydroxylation sites is 1. The van der Waals surface area contributed by atoms with E-state index >= 15 is 0 Å². The molecule has 1 N–H and O–H groups in total. The Kier molecular flexibility index (Phi) is 5.63. The lowest BCUT2D eigenvalue weighted by atomic mass is 9.84. The highest BCUT2D eigenvalue weighted by Gasteiger charge is 2.34. The van der Waals surface area contributed by atoms with E-state index in [0.29, 0.717) is 12.8 Å². The van der Waals surface area contributed by atoms with Gasteiger partial charge in [-0.25, -0.2) is 0 Å². The Labute approximate surface area is 177 Å². The molecule has 7 heteroatoms. The SMILES string of the molecule is COc1ccccc1CCc1cc(C(C)(C)C(=O)O)c(=O)n2c(C)c(Br)n(C)c12. The van der Waals surface area contributed by atoms with Crippen molar-refractivity contribution < 1.29 is 14.6 Å². The first kappa shape index (κ1) is 21.2. The number of ether oxygens (including phenoxy) is 1. The van der Waals surface area contributed by atoms with Crippen LogP contribution >= 0.6 is 15.9 Å². The number of aliphatic carboxylic acids is 1. The predicted molar refractivity (Wildman–Crippen MR) is 116 cm³/mol. The smallest absolute Gasteiger partial charge is 0.313 e. The van der Waals surface area contributed by atoms with Gasteiger partial charge < -0.3 is 14.4 Å². The molecule has 0 radical (unpaired) electrons. The van der Waals surface area contributed by atoms with Crippen LogP contribution in [0.3, 0.4) is 0 Å². The van der Waals surface area contributed by atoms with E-state index in [9.17, 15) is 14.7 Å². The number of carboxylic acid groups (broad SMARTS) is 1. The lowest BCUT2D eigenvalue weighted by Gasteiger charge is -2.21. The maximum Gasteiger partial charge on any atom is 0.313 e. The summed E-state index contributed by atoms with van der Waals surface area (Å²) < 4.78 is 9.78. The molecule has 1 aromatic carbocycles. The van der Waals surface area contributed by atoms with E-state index in [4.69, 9.17) is 4.74 Å². The largest absolute Gasteiger partial charge is 0.496 e. The third kappa shape index (κ3) is 3.48. The van der Waals surface area contributed by atoms with Crippen LogP contribution in [0.15, 0.2) is 39.7 Å². The number of carbonyl (C=O) groups is 1. The topological polar surface area (TPSA) is 72.9 Å². The van der Waals surface area contributed by atoms with Crippen molar-refractivity contribution in [3.8, 4) is 5.75 Å². The summed E-state index contributed by atoms with van der Waals surface area (Å²) in [6, 6.07) is 9.58. The fourth-order valence-corrected chi connectivity index (χ4v) is 4.04. The summed E-state index contributed by atoms with van der Waals surface area (Å²) in [5.74, 6) is -0.218. The molecule has 0 atom stereocenters. The number of benzene rings is 1. The van der Waals surface area contributed by atoms with Gasteiger partial charge in [0.2, 0.25) is 0 Å². The number of hydrogen-bond donors (Lipinski definition) is 1. The number of halogens is 1. The van der Waals surface area contributed by atoms with Crippen molar-refractivity contribution in [3.63, 3.8) is 0 Å². The number of hydrogen-bond acceptors (Lipinski definition) is 3. The van der Waals surface area contributed by atoms with Gasteiger partial charge in [0.25, 0.3) is 5.56 Å². The Morgan fingerprint density at radius 1 is 1.21 bits per heavy atom. The van der Waals surface area contributed by atoms with Crippen LogP contribution in [0, 0.1) is 6.92 Å². The van der Waals surface area contributed by atoms with Gasteiger partial charge in [-0.3, -0.25) is 14.0 Å². The minimum atomic E-state index is -1.30. The molecule has 0 aliphatic rings. The van der Waals surface area contributed by atoms with Crippen molar-refractivity contribution in [3.05, 3.63) is 67.7 Å². The molecule has 2 heterocycles. The molecule has 0 aliphatic heterocycles. The molecule has 154 valence electrons. The second-order valence-electron chi connectivity index (χ2n) is 7.72. The first-order valence-electron chi connectivity index (χ1n) is 9.36. The summed E-state index contributed by atoms with van der Waals surface area (Å²) in [6.07, 6.45) is 1.34. The van der Waals surface area contributed by atoms with Gasteiger partial charge in [-0.1, -0.05) is 18.2 Å². The Hall–Kier alpha value is -2.54. The van der Waals surface area contributed by atoms with Crippen LogP contribution in [-0.2, 0) is 30.1 Å². The van der Waals surface area contributed by atoms with E-state index < -0.39 is 11.4 Å². The van der Waals surface area contributed by atoms with Crippen molar-refractivity contribution in [1.82, 2.24) is 8.97 Å².